The van der Waals surface area contributed by atoms with Crippen LogP contribution in [0, 0.1) is 5.92 Å². The lowest BCUT2D eigenvalue weighted by molar-refractivity contribution is 0.181. The molecule has 0 spiro atoms. The Hall–Kier alpha value is -0.0400. The Labute approximate surface area is 70.6 Å². The maximum Gasteiger partial charge on any atom is 0.00991 e. The summed E-state index contributed by atoms with van der Waals surface area (Å²) >= 11 is 0. The molecule has 0 aromatic heterocycles. The minimum atomic E-state index is 0.309. The van der Waals surface area contributed by atoms with Crippen LogP contribution in [0.1, 0.15) is 47.0 Å². The number of rotatable bonds is 2. The predicted octanol–water partition coefficient (Wildman–Crippen LogP) is 2.56. The average molecular weight is 155 g/mol. The van der Waals surface area contributed by atoms with Crippen LogP contribution in [0.25, 0.3) is 0 Å². The van der Waals surface area contributed by atoms with E-state index in [1.807, 2.05) is 0 Å². The first-order valence-corrected chi connectivity index (χ1v) is 4.79. The van der Waals surface area contributed by atoms with Crippen molar-refractivity contribution in [2.75, 3.05) is 0 Å². The lowest BCUT2D eigenvalue weighted by Gasteiger charge is -2.40. The highest BCUT2D eigenvalue weighted by Gasteiger charge is 2.29. The van der Waals surface area contributed by atoms with Gasteiger partial charge in [0.25, 0.3) is 0 Å². The molecule has 0 aromatic carbocycles. The van der Waals surface area contributed by atoms with E-state index in [1.54, 1.807) is 0 Å². The molecule has 1 N–H and O–H groups in total. The number of hydrogen-bond donors (Lipinski definition) is 1. The van der Waals surface area contributed by atoms with Crippen molar-refractivity contribution in [2.24, 2.45) is 5.92 Å². The smallest absolute Gasteiger partial charge is 0.00991 e. The Bertz CT molecular complexity index is 117. The van der Waals surface area contributed by atoms with Crippen LogP contribution >= 0.6 is 0 Å². The molecule has 0 aromatic rings. The largest absolute Gasteiger partial charge is 0.309 e. The molecule has 11 heavy (non-hydrogen) atoms. The lowest BCUT2D eigenvalue weighted by Crippen LogP contribution is -2.49. The Morgan fingerprint density at radius 2 is 1.82 bits per heavy atom. The molecule has 1 saturated carbocycles. The molecule has 1 nitrogen and oxygen atoms in total. The van der Waals surface area contributed by atoms with Gasteiger partial charge in [-0.3, -0.25) is 0 Å². The van der Waals surface area contributed by atoms with Crippen LogP contribution < -0.4 is 5.32 Å². The fraction of sp³-hybridized carbons (Fsp3) is 1.00. The van der Waals surface area contributed by atoms with E-state index in [-0.39, 0.29) is 0 Å². The molecule has 0 amide bonds. The van der Waals surface area contributed by atoms with Gasteiger partial charge in [-0.1, -0.05) is 13.3 Å². The SMILES string of the molecule is CCC1CC(NC(C)(C)C)C1. The summed E-state index contributed by atoms with van der Waals surface area (Å²) in [6.07, 6.45) is 4.16. The van der Waals surface area contributed by atoms with Gasteiger partial charge in [-0.05, 0) is 39.5 Å². The van der Waals surface area contributed by atoms with Gasteiger partial charge in [-0.25, -0.2) is 0 Å². The maximum atomic E-state index is 3.62. The van der Waals surface area contributed by atoms with Crippen molar-refractivity contribution in [3.8, 4) is 0 Å². The molecule has 1 fully saturated rings. The van der Waals surface area contributed by atoms with Crippen LogP contribution in [-0.2, 0) is 0 Å². The predicted molar refractivity (Wildman–Crippen MR) is 49.7 cm³/mol. The zero-order valence-electron chi connectivity index (χ0n) is 8.28. The molecule has 0 radical (unpaired) electrons. The number of hydrogen-bond acceptors (Lipinski definition) is 1. The third-order valence-electron chi connectivity index (χ3n) is 2.45. The summed E-state index contributed by atoms with van der Waals surface area (Å²) in [7, 11) is 0. The van der Waals surface area contributed by atoms with Crippen LogP contribution in [0.2, 0.25) is 0 Å². The summed E-state index contributed by atoms with van der Waals surface area (Å²) < 4.78 is 0. The van der Waals surface area contributed by atoms with Gasteiger partial charge in [0.1, 0.15) is 0 Å². The second-order valence-electron chi connectivity index (χ2n) is 4.84. The van der Waals surface area contributed by atoms with Crippen molar-refractivity contribution in [3.05, 3.63) is 0 Å². The Kier molecular flexibility index (Phi) is 2.58. The second-order valence-corrected chi connectivity index (χ2v) is 4.84. The first-order chi connectivity index (χ1) is 5.01. The van der Waals surface area contributed by atoms with Crippen LogP contribution in [0.5, 0.6) is 0 Å². The second kappa shape index (κ2) is 3.14. The van der Waals surface area contributed by atoms with Crippen LogP contribution in [0.15, 0.2) is 0 Å². The van der Waals surface area contributed by atoms with E-state index >= 15 is 0 Å². The van der Waals surface area contributed by atoms with Crippen molar-refractivity contribution in [3.63, 3.8) is 0 Å². The zero-order valence-corrected chi connectivity index (χ0v) is 8.28. The van der Waals surface area contributed by atoms with E-state index in [2.05, 4.69) is 33.0 Å². The molecule has 0 saturated heterocycles. The van der Waals surface area contributed by atoms with Gasteiger partial charge in [0.05, 0.1) is 0 Å². The molecule has 0 aliphatic heterocycles. The van der Waals surface area contributed by atoms with Gasteiger partial charge < -0.3 is 5.32 Å². The molecule has 1 rings (SSSR count). The van der Waals surface area contributed by atoms with E-state index in [4.69, 9.17) is 0 Å². The Morgan fingerprint density at radius 3 is 2.18 bits per heavy atom. The van der Waals surface area contributed by atoms with Crippen molar-refractivity contribution in [2.45, 2.75) is 58.5 Å². The number of nitrogens with one attached hydrogen (secondary N) is 1. The summed E-state index contributed by atoms with van der Waals surface area (Å²) in [5.74, 6) is 1.01. The first-order valence-electron chi connectivity index (χ1n) is 4.79. The van der Waals surface area contributed by atoms with Crippen LogP contribution in [0.3, 0.4) is 0 Å². The molecule has 1 aliphatic rings. The first kappa shape index (κ1) is 9.05. The summed E-state index contributed by atoms with van der Waals surface area (Å²) in [4.78, 5) is 0. The lowest BCUT2D eigenvalue weighted by atomic mass is 9.78. The van der Waals surface area contributed by atoms with Gasteiger partial charge in [-0.2, -0.15) is 0 Å². The minimum Gasteiger partial charge on any atom is -0.309 e. The molecule has 0 heterocycles. The molecular formula is C10H21N. The third-order valence-corrected chi connectivity index (χ3v) is 2.45. The van der Waals surface area contributed by atoms with Crippen molar-refractivity contribution in [1.29, 1.82) is 0 Å². The molecule has 1 heteroatoms. The average Bonchev–Trinajstić information content (AvgIpc) is 1.75. The highest BCUT2D eigenvalue weighted by atomic mass is 15.0. The van der Waals surface area contributed by atoms with E-state index < -0.39 is 0 Å². The summed E-state index contributed by atoms with van der Waals surface area (Å²) in [5.41, 5.74) is 0.309. The normalized spacial score (nSPS) is 31.6. The fourth-order valence-electron chi connectivity index (χ4n) is 1.80. The van der Waals surface area contributed by atoms with Crippen molar-refractivity contribution < 1.29 is 0 Å². The van der Waals surface area contributed by atoms with E-state index in [1.165, 1.54) is 19.3 Å². The monoisotopic (exact) mass is 155 g/mol. The van der Waals surface area contributed by atoms with Crippen LogP contribution in [-0.4, -0.2) is 11.6 Å². The summed E-state index contributed by atoms with van der Waals surface area (Å²) in [5, 5.41) is 3.62. The topological polar surface area (TPSA) is 12.0 Å². The molecular weight excluding hydrogens is 134 g/mol. The Balaban J connectivity index is 2.14. The molecule has 0 unspecified atom stereocenters. The van der Waals surface area contributed by atoms with Gasteiger partial charge >= 0.3 is 0 Å². The van der Waals surface area contributed by atoms with Gasteiger partial charge in [0.2, 0.25) is 0 Å². The highest BCUT2D eigenvalue weighted by Crippen LogP contribution is 2.30. The minimum absolute atomic E-state index is 0.309. The van der Waals surface area contributed by atoms with E-state index in [9.17, 15) is 0 Å². The quantitative estimate of drug-likeness (QED) is 0.646. The van der Waals surface area contributed by atoms with Crippen molar-refractivity contribution in [1.82, 2.24) is 5.32 Å². The summed E-state index contributed by atoms with van der Waals surface area (Å²) in [6, 6.07) is 0.806. The molecule has 0 bridgehead atoms. The van der Waals surface area contributed by atoms with Gasteiger partial charge in [-0.15, -0.1) is 0 Å². The fourth-order valence-corrected chi connectivity index (χ4v) is 1.80. The third kappa shape index (κ3) is 2.82. The van der Waals surface area contributed by atoms with E-state index in [0.29, 0.717) is 5.54 Å². The molecule has 66 valence electrons. The standard InChI is InChI=1S/C10H21N/c1-5-8-6-9(7-8)11-10(2,3)4/h8-9,11H,5-7H2,1-4H3. The van der Waals surface area contributed by atoms with Crippen molar-refractivity contribution >= 4 is 0 Å². The van der Waals surface area contributed by atoms with Crippen LogP contribution in [0.4, 0.5) is 0 Å². The molecule has 0 atom stereocenters. The van der Waals surface area contributed by atoms with E-state index in [0.717, 1.165) is 12.0 Å². The Morgan fingerprint density at radius 1 is 1.27 bits per heavy atom. The maximum absolute atomic E-state index is 3.62. The van der Waals surface area contributed by atoms with Gasteiger partial charge in [0, 0.05) is 11.6 Å². The summed E-state index contributed by atoms with van der Waals surface area (Å²) in [6.45, 7) is 9.02. The molecule has 1 aliphatic carbocycles. The zero-order chi connectivity index (χ0) is 8.48. The highest BCUT2D eigenvalue weighted by molar-refractivity contribution is 4.88. The van der Waals surface area contributed by atoms with Gasteiger partial charge in [0.15, 0.2) is 0 Å².